The summed E-state index contributed by atoms with van der Waals surface area (Å²) >= 11 is 0. The summed E-state index contributed by atoms with van der Waals surface area (Å²) in [6, 6.07) is 7.78. The first kappa shape index (κ1) is 12.1. The normalized spacial score (nSPS) is 10.3. The van der Waals surface area contributed by atoms with Gasteiger partial charge in [-0.2, -0.15) is 0 Å². The number of aromatic hydroxyl groups is 2. The van der Waals surface area contributed by atoms with Crippen LogP contribution in [0.1, 0.15) is 28.5 Å². The molecule has 0 radical (unpaired) electrons. The number of aryl methyl sites for hydroxylation is 1. The van der Waals surface area contributed by atoms with Crippen LogP contribution in [-0.2, 0) is 6.42 Å². The number of benzene rings is 1. The molecule has 1 aromatic carbocycles. The zero-order valence-corrected chi connectivity index (χ0v) is 9.92. The van der Waals surface area contributed by atoms with Crippen LogP contribution in [0.3, 0.4) is 0 Å². The average molecular weight is 243 g/mol. The maximum absolute atomic E-state index is 12.2. The van der Waals surface area contributed by atoms with E-state index in [0.29, 0.717) is 0 Å². The van der Waals surface area contributed by atoms with Crippen LogP contribution in [0.5, 0.6) is 11.5 Å². The first-order valence-corrected chi connectivity index (χ1v) is 5.64. The zero-order chi connectivity index (χ0) is 13.1. The van der Waals surface area contributed by atoms with E-state index in [0.717, 1.165) is 12.0 Å². The molecule has 0 atom stereocenters. The summed E-state index contributed by atoms with van der Waals surface area (Å²) in [4.78, 5) is 16.0. The van der Waals surface area contributed by atoms with E-state index < -0.39 is 5.78 Å². The molecule has 0 aliphatic rings. The number of carbonyl (C=O) groups excluding carboxylic acids is 1. The van der Waals surface area contributed by atoms with E-state index >= 15 is 0 Å². The van der Waals surface area contributed by atoms with E-state index in [1.807, 2.05) is 6.92 Å². The van der Waals surface area contributed by atoms with Crippen LogP contribution in [0, 0.1) is 0 Å². The quantitative estimate of drug-likeness (QED) is 0.811. The highest BCUT2D eigenvalue weighted by atomic mass is 16.3. The Balaban J connectivity index is 2.49. The molecule has 2 aromatic rings. The third kappa shape index (κ3) is 2.18. The van der Waals surface area contributed by atoms with Gasteiger partial charge in [0.25, 0.3) is 0 Å². The van der Waals surface area contributed by atoms with Crippen LogP contribution in [0.15, 0.2) is 36.5 Å². The summed E-state index contributed by atoms with van der Waals surface area (Å²) in [5, 5.41) is 19.3. The Kier molecular flexibility index (Phi) is 3.28. The second kappa shape index (κ2) is 4.87. The molecule has 0 aliphatic carbocycles. The van der Waals surface area contributed by atoms with Gasteiger partial charge in [0, 0.05) is 6.20 Å². The molecule has 0 saturated carbocycles. The lowest BCUT2D eigenvalue weighted by Gasteiger charge is -2.06. The van der Waals surface area contributed by atoms with Crippen LogP contribution in [0.4, 0.5) is 0 Å². The van der Waals surface area contributed by atoms with Gasteiger partial charge in [0.1, 0.15) is 11.5 Å². The fraction of sp³-hybridized carbons (Fsp3) is 0.143. The highest BCUT2D eigenvalue weighted by Crippen LogP contribution is 2.24. The lowest BCUT2D eigenvalue weighted by molar-refractivity contribution is 0.102. The number of aromatic nitrogens is 1. The monoisotopic (exact) mass is 243 g/mol. The van der Waals surface area contributed by atoms with Crippen LogP contribution >= 0.6 is 0 Å². The molecule has 0 bridgehead atoms. The van der Waals surface area contributed by atoms with E-state index in [4.69, 9.17) is 0 Å². The van der Waals surface area contributed by atoms with Crippen molar-refractivity contribution in [3.63, 3.8) is 0 Å². The second-order valence-corrected chi connectivity index (χ2v) is 3.91. The van der Waals surface area contributed by atoms with Crippen molar-refractivity contribution in [3.8, 4) is 11.5 Å². The van der Waals surface area contributed by atoms with Gasteiger partial charge in [-0.15, -0.1) is 0 Å². The molecule has 4 nitrogen and oxygen atoms in total. The Hall–Kier alpha value is -2.36. The Labute approximate surface area is 105 Å². The smallest absolute Gasteiger partial charge is 0.218 e. The fourth-order valence-electron chi connectivity index (χ4n) is 1.68. The Morgan fingerprint density at radius 2 is 2.00 bits per heavy atom. The Bertz CT molecular complexity index is 593. The van der Waals surface area contributed by atoms with E-state index in [9.17, 15) is 15.0 Å². The predicted molar refractivity (Wildman–Crippen MR) is 66.8 cm³/mol. The van der Waals surface area contributed by atoms with Crippen molar-refractivity contribution in [3.05, 3.63) is 53.3 Å². The van der Waals surface area contributed by atoms with E-state index in [1.54, 1.807) is 12.1 Å². The molecular weight excluding hydrogens is 230 g/mol. The van der Waals surface area contributed by atoms with Crippen molar-refractivity contribution in [2.75, 3.05) is 0 Å². The highest BCUT2D eigenvalue weighted by Gasteiger charge is 2.18. The molecule has 0 spiro atoms. The van der Waals surface area contributed by atoms with Crippen LogP contribution in [-0.4, -0.2) is 21.0 Å². The van der Waals surface area contributed by atoms with Crippen molar-refractivity contribution >= 4 is 5.78 Å². The molecule has 92 valence electrons. The average Bonchev–Trinajstić information content (AvgIpc) is 2.39. The first-order chi connectivity index (χ1) is 8.63. The topological polar surface area (TPSA) is 70.4 Å². The maximum Gasteiger partial charge on any atom is 0.218 e. The molecule has 0 aliphatic heterocycles. The molecule has 1 heterocycles. The van der Waals surface area contributed by atoms with Gasteiger partial charge in [-0.3, -0.25) is 4.79 Å². The Morgan fingerprint density at radius 3 is 2.67 bits per heavy atom. The predicted octanol–water partition coefficient (Wildman–Crippen LogP) is 2.29. The molecule has 0 unspecified atom stereocenters. The molecule has 18 heavy (non-hydrogen) atoms. The first-order valence-electron chi connectivity index (χ1n) is 5.64. The summed E-state index contributed by atoms with van der Waals surface area (Å²) in [6.07, 6.45) is 2.18. The molecule has 4 heteroatoms. The van der Waals surface area contributed by atoms with Gasteiger partial charge in [0.2, 0.25) is 5.78 Å². The SMILES string of the molecule is CCc1ccc(O)c(C(=O)c2ncccc2O)c1. The second-order valence-electron chi connectivity index (χ2n) is 3.91. The van der Waals surface area contributed by atoms with E-state index in [2.05, 4.69) is 4.98 Å². The summed E-state index contributed by atoms with van der Waals surface area (Å²) in [7, 11) is 0. The van der Waals surface area contributed by atoms with Crippen molar-refractivity contribution in [2.45, 2.75) is 13.3 Å². The van der Waals surface area contributed by atoms with Gasteiger partial charge >= 0.3 is 0 Å². The number of phenols is 1. The number of carbonyl (C=O) groups is 1. The van der Waals surface area contributed by atoms with Crippen LogP contribution in [0.25, 0.3) is 0 Å². The molecule has 0 amide bonds. The summed E-state index contributed by atoms with van der Waals surface area (Å²) in [5.41, 5.74) is 1.04. The summed E-state index contributed by atoms with van der Waals surface area (Å²) in [5.74, 6) is -0.785. The van der Waals surface area contributed by atoms with Gasteiger partial charge in [0.15, 0.2) is 5.69 Å². The largest absolute Gasteiger partial charge is 0.507 e. The minimum atomic E-state index is -0.485. The van der Waals surface area contributed by atoms with Gasteiger partial charge in [0.05, 0.1) is 5.56 Å². The van der Waals surface area contributed by atoms with E-state index in [-0.39, 0.29) is 22.8 Å². The minimum absolute atomic E-state index is 0.0546. The van der Waals surface area contributed by atoms with E-state index in [1.165, 1.54) is 24.4 Å². The van der Waals surface area contributed by atoms with Crippen molar-refractivity contribution in [2.24, 2.45) is 0 Å². The molecular formula is C14H13NO3. The number of rotatable bonds is 3. The number of hydrogen-bond acceptors (Lipinski definition) is 4. The van der Waals surface area contributed by atoms with Gasteiger partial charge in [-0.25, -0.2) is 4.98 Å². The lowest BCUT2D eigenvalue weighted by atomic mass is 10.0. The standard InChI is InChI=1S/C14H13NO3/c1-2-9-5-6-11(16)10(8-9)14(18)13-12(17)4-3-7-15-13/h3-8,16-17H,2H2,1H3. The number of hydrogen-bond donors (Lipinski definition) is 2. The lowest BCUT2D eigenvalue weighted by Crippen LogP contribution is -2.05. The fourth-order valence-corrected chi connectivity index (χ4v) is 1.68. The Morgan fingerprint density at radius 1 is 1.22 bits per heavy atom. The van der Waals surface area contributed by atoms with Crippen LogP contribution < -0.4 is 0 Å². The third-order valence-electron chi connectivity index (χ3n) is 2.72. The summed E-state index contributed by atoms with van der Waals surface area (Å²) < 4.78 is 0. The molecule has 2 rings (SSSR count). The highest BCUT2D eigenvalue weighted by molar-refractivity contribution is 6.11. The number of ketones is 1. The van der Waals surface area contributed by atoms with Gasteiger partial charge in [-0.05, 0) is 36.2 Å². The molecule has 1 aromatic heterocycles. The summed E-state index contributed by atoms with van der Waals surface area (Å²) in [6.45, 7) is 1.96. The van der Waals surface area contributed by atoms with Gasteiger partial charge in [-0.1, -0.05) is 13.0 Å². The van der Waals surface area contributed by atoms with Crippen LogP contribution in [0.2, 0.25) is 0 Å². The minimum Gasteiger partial charge on any atom is -0.507 e. The zero-order valence-electron chi connectivity index (χ0n) is 9.92. The number of nitrogens with zero attached hydrogens (tertiary/aromatic N) is 1. The molecule has 2 N–H and O–H groups in total. The third-order valence-corrected chi connectivity index (χ3v) is 2.72. The number of pyridine rings is 1. The molecule has 0 fully saturated rings. The van der Waals surface area contributed by atoms with Gasteiger partial charge < -0.3 is 10.2 Å². The van der Waals surface area contributed by atoms with Crippen molar-refractivity contribution < 1.29 is 15.0 Å². The molecule has 0 saturated heterocycles. The maximum atomic E-state index is 12.2. The number of phenolic OH excluding ortho intramolecular Hbond substituents is 1. The van der Waals surface area contributed by atoms with Crippen molar-refractivity contribution in [1.82, 2.24) is 4.98 Å². The van der Waals surface area contributed by atoms with Crippen molar-refractivity contribution in [1.29, 1.82) is 0 Å².